The van der Waals surface area contributed by atoms with Gasteiger partial charge in [0.25, 0.3) is 0 Å². The summed E-state index contributed by atoms with van der Waals surface area (Å²) in [5.41, 5.74) is 1.79. The van der Waals surface area contributed by atoms with Crippen LogP contribution in [-0.4, -0.2) is 51.8 Å². The second-order valence-electron chi connectivity index (χ2n) is 6.11. The van der Waals surface area contributed by atoms with Gasteiger partial charge < -0.3 is 14.4 Å². The first-order valence-corrected chi connectivity index (χ1v) is 8.12. The van der Waals surface area contributed by atoms with Gasteiger partial charge in [0.15, 0.2) is 11.4 Å². The monoisotopic (exact) mass is 323 g/mol. The molecule has 7 heteroatoms. The minimum atomic E-state index is -0.466. The molecule has 24 heavy (non-hydrogen) atoms. The van der Waals surface area contributed by atoms with Crippen LogP contribution in [0.15, 0.2) is 42.9 Å². The zero-order chi connectivity index (χ0) is 16.0. The molecule has 2 aliphatic rings. The van der Waals surface area contributed by atoms with Crippen LogP contribution in [0.3, 0.4) is 0 Å². The van der Waals surface area contributed by atoms with Crippen molar-refractivity contribution < 1.29 is 9.47 Å². The van der Waals surface area contributed by atoms with Crippen molar-refractivity contribution in [3.05, 3.63) is 42.9 Å². The number of aromatic nitrogens is 4. The number of ether oxygens (including phenoxy) is 2. The Bertz CT molecular complexity index is 873. The van der Waals surface area contributed by atoms with Gasteiger partial charge in [-0.05, 0) is 12.1 Å². The van der Waals surface area contributed by atoms with E-state index < -0.39 is 5.79 Å². The van der Waals surface area contributed by atoms with Gasteiger partial charge in [0.2, 0.25) is 0 Å². The van der Waals surface area contributed by atoms with Crippen LogP contribution in [0.1, 0.15) is 6.42 Å². The van der Waals surface area contributed by atoms with Crippen molar-refractivity contribution in [3.8, 4) is 5.69 Å². The SMILES string of the molecule is c1ccc(-n2ncc3c(N4CCC5(C4)OCCO5)ncnc32)cc1. The lowest BCUT2D eigenvalue weighted by molar-refractivity contribution is -0.137. The Morgan fingerprint density at radius 2 is 1.88 bits per heavy atom. The fraction of sp³-hybridized carbons (Fsp3) is 0.353. The molecule has 0 amide bonds. The second-order valence-corrected chi connectivity index (χ2v) is 6.11. The van der Waals surface area contributed by atoms with Gasteiger partial charge in [-0.25, -0.2) is 14.6 Å². The van der Waals surface area contributed by atoms with Crippen LogP contribution in [-0.2, 0) is 9.47 Å². The van der Waals surface area contributed by atoms with E-state index in [4.69, 9.17) is 9.47 Å². The van der Waals surface area contributed by atoms with E-state index in [1.165, 1.54) is 0 Å². The molecular weight excluding hydrogens is 306 g/mol. The number of hydrogen-bond donors (Lipinski definition) is 0. The maximum absolute atomic E-state index is 5.81. The van der Waals surface area contributed by atoms with Crippen molar-refractivity contribution in [2.45, 2.75) is 12.2 Å². The zero-order valence-corrected chi connectivity index (χ0v) is 13.1. The second kappa shape index (κ2) is 5.25. The number of benzene rings is 1. The molecule has 0 radical (unpaired) electrons. The van der Waals surface area contributed by atoms with E-state index in [0.717, 1.165) is 35.5 Å². The fourth-order valence-electron chi connectivity index (χ4n) is 3.51. The zero-order valence-electron chi connectivity index (χ0n) is 13.1. The molecule has 1 spiro atoms. The van der Waals surface area contributed by atoms with E-state index in [9.17, 15) is 0 Å². The van der Waals surface area contributed by atoms with E-state index in [-0.39, 0.29) is 0 Å². The van der Waals surface area contributed by atoms with Crippen molar-refractivity contribution in [1.29, 1.82) is 0 Å². The molecule has 1 aromatic carbocycles. The quantitative estimate of drug-likeness (QED) is 0.716. The van der Waals surface area contributed by atoms with Gasteiger partial charge >= 0.3 is 0 Å². The first-order chi connectivity index (χ1) is 11.8. The average molecular weight is 323 g/mol. The first kappa shape index (κ1) is 13.9. The number of para-hydroxylation sites is 1. The maximum Gasteiger partial charge on any atom is 0.187 e. The Hall–Kier alpha value is -2.51. The number of nitrogens with zero attached hydrogens (tertiary/aromatic N) is 5. The smallest absolute Gasteiger partial charge is 0.187 e. The Kier molecular flexibility index (Phi) is 3.04. The number of anilines is 1. The molecule has 122 valence electrons. The Balaban J connectivity index is 1.55. The molecule has 3 aromatic rings. The van der Waals surface area contributed by atoms with Crippen LogP contribution in [0, 0.1) is 0 Å². The summed E-state index contributed by atoms with van der Waals surface area (Å²) in [6, 6.07) is 9.99. The van der Waals surface area contributed by atoms with Crippen LogP contribution in [0.4, 0.5) is 5.82 Å². The van der Waals surface area contributed by atoms with Gasteiger partial charge in [-0.3, -0.25) is 0 Å². The van der Waals surface area contributed by atoms with Crippen molar-refractivity contribution in [3.63, 3.8) is 0 Å². The molecule has 0 bridgehead atoms. The molecule has 2 aliphatic heterocycles. The summed E-state index contributed by atoms with van der Waals surface area (Å²) < 4.78 is 13.5. The summed E-state index contributed by atoms with van der Waals surface area (Å²) in [5.74, 6) is 0.422. The highest BCUT2D eigenvalue weighted by Crippen LogP contribution is 2.35. The maximum atomic E-state index is 5.81. The molecule has 0 atom stereocenters. The van der Waals surface area contributed by atoms with E-state index in [1.54, 1.807) is 6.33 Å². The lowest BCUT2D eigenvalue weighted by Gasteiger charge is -2.23. The van der Waals surface area contributed by atoms with Crippen LogP contribution in [0.25, 0.3) is 16.7 Å². The van der Waals surface area contributed by atoms with Crippen LogP contribution >= 0.6 is 0 Å². The Morgan fingerprint density at radius 3 is 2.71 bits per heavy atom. The minimum absolute atomic E-state index is 0.466. The molecule has 0 unspecified atom stereocenters. The van der Waals surface area contributed by atoms with Gasteiger partial charge in [-0.2, -0.15) is 5.10 Å². The highest BCUT2D eigenvalue weighted by atomic mass is 16.7. The van der Waals surface area contributed by atoms with E-state index in [1.807, 2.05) is 41.2 Å². The summed E-state index contributed by atoms with van der Waals surface area (Å²) in [6.07, 6.45) is 4.28. The fourth-order valence-corrected chi connectivity index (χ4v) is 3.51. The molecule has 2 aromatic heterocycles. The summed E-state index contributed by atoms with van der Waals surface area (Å²) in [7, 11) is 0. The van der Waals surface area contributed by atoms with Crippen LogP contribution in [0.5, 0.6) is 0 Å². The van der Waals surface area contributed by atoms with E-state index >= 15 is 0 Å². The van der Waals surface area contributed by atoms with Gasteiger partial charge in [-0.1, -0.05) is 18.2 Å². The van der Waals surface area contributed by atoms with E-state index in [2.05, 4.69) is 20.0 Å². The average Bonchev–Trinajstić information content (AvgIpc) is 3.36. The molecule has 5 rings (SSSR count). The number of rotatable bonds is 2. The summed E-state index contributed by atoms with van der Waals surface area (Å²) >= 11 is 0. The van der Waals surface area contributed by atoms with Crippen molar-refractivity contribution >= 4 is 16.9 Å². The molecule has 0 saturated carbocycles. The topological polar surface area (TPSA) is 65.3 Å². The number of hydrogen-bond acceptors (Lipinski definition) is 6. The summed E-state index contributed by atoms with van der Waals surface area (Å²) in [5, 5.41) is 5.45. The normalized spacial score (nSPS) is 19.6. The molecule has 7 nitrogen and oxygen atoms in total. The third-order valence-corrected chi connectivity index (χ3v) is 4.65. The van der Waals surface area contributed by atoms with Crippen molar-refractivity contribution in [2.75, 3.05) is 31.2 Å². The van der Waals surface area contributed by atoms with Crippen LogP contribution in [0.2, 0.25) is 0 Å². The first-order valence-electron chi connectivity index (χ1n) is 8.12. The Labute approximate surface area is 138 Å². The van der Waals surface area contributed by atoms with Gasteiger partial charge in [0.05, 0.1) is 37.0 Å². The summed E-state index contributed by atoms with van der Waals surface area (Å²) in [4.78, 5) is 11.1. The molecule has 2 saturated heterocycles. The standard InChI is InChI=1S/C17H17N5O2/c1-2-4-13(5-3-1)22-16-14(10-20-22)15(18-12-19-16)21-7-6-17(11-21)23-8-9-24-17/h1-5,10,12H,6-9,11H2. The molecular formula is C17H17N5O2. The van der Waals surface area contributed by atoms with Crippen LogP contribution < -0.4 is 4.90 Å². The number of fused-ring (bicyclic) bond motifs is 1. The molecule has 4 heterocycles. The van der Waals surface area contributed by atoms with Crippen molar-refractivity contribution in [1.82, 2.24) is 19.7 Å². The lowest BCUT2D eigenvalue weighted by Crippen LogP contribution is -2.34. The van der Waals surface area contributed by atoms with Gasteiger partial charge in [-0.15, -0.1) is 0 Å². The highest BCUT2D eigenvalue weighted by Gasteiger charge is 2.44. The summed E-state index contributed by atoms with van der Waals surface area (Å²) in [6.45, 7) is 2.87. The largest absolute Gasteiger partial charge is 0.350 e. The van der Waals surface area contributed by atoms with E-state index in [0.29, 0.717) is 19.8 Å². The predicted octanol–water partition coefficient (Wildman–Crippen LogP) is 1.77. The molecule has 0 aliphatic carbocycles. The molecule has 0 N–H and O–H groups in total. The van der Waals surface area contributed by atoms with Gasteiger partial charge in [0.1, 0.15) is 12.1 Å². The predicted molar refractivity (Wildman–Crippen MR) is 88.1 cm³/mol. The van der Waals surface area contributed by atoms with Crippen molar-refractivity contribution in [2.24, 2.45) is 0 Å². The third-order valence-electron chi connectivity index (χ3n) is 4.65. The lowest BCUT2D eigenvalue weighted by atomic mass is 10.2. The minimum Gasteiger partial charge on any atom is -0.350 e. The third kappa shape index (κ3) is 2.09. The highest BCUT2D eigenvalue weighted by molar-refractivity contribution is 5.87. The molecule has 2 fully saturated rings. The van der Waals surface area contributed by atoms with Gasteiger partial charge in [0, 0.05) is 13.0 Å². The Morgan fingerprint density at radius 1 is 1.04 bits per heavy atom.